The van der Waals surface area contributed by atoms with Crippen LogP contribution in [0.4, 0.5) is 5.69 Å². The lowest BCUT2D eigenvalue weighted by molar-refractivity contribution is 0.0939. The maximum atomic E-state index is 12.2. The summed E-state index contributed by atoms with van der Waals surface area (Å²) in [5, 5.41) is 14.4. The van der Waals surface area contributed by atoms with E-state index in [1.807, 2.05) is 32.0 Å². The molecule has 24 heavy (non-hydrogen) atoms. The largest absolute Gasteiger partial charge is 0.423 e. The van der Waals surface area contributed by atoms with Gasteiger partial charge in [0.15, 0.2) is 0 Å². The van der Waals surface area contributed by atoms with Crippen LogP contribution in [0.3, 0.4) is 0 Å². The Morgan fingerprint density at radius 1 is 1.38 bits per heavy atom. The first-order valence-electron chi connectivity index (χ1n) is 8.54. The molecular weight excluding hydrogens is 304 g/mol. The number of aromatic nitrogens is 2. The lowest BCUT2D eigenvalue weighted by Crippen LogP contribution is -2.31. The van der Waals surface area contributed by atoms with Crippen LogP contribution in [0.15, 0.2) is 22.6 Å². The number of hydrogen-bond acceptors (Lipinski definition) is 5. The van der Waals surface area contributed by atoms with Crippen LogP contribution in [0.1, 0.15) is 66.7 Å². The summed E-state index contributed by atoms with van der Waals surface area (Å²) < 4.78 is 5.64. The van der Waals surface area contributed by atoms with Gasteiger partial charge in [-0.15, -0.1) is 10.2 Å². The van der Waals surface area contributed by atoms with Gasteiger partial charge in [-0.25, -0.2) is 0 Å². The number of carbonyl (C=O) groups is 1. The Kier molecular flexibility index (Phi) is 4.83. The highest BCUT2D eigenvalue weighted by molar-refractivity contribution is 5.95. The first-order valence-corrected chi connectivity index (χ1v) is 8.54. The van der Waals surface area contributed by atoms with Crippen molar-refractivity contribution < 1.29 is 9.21 Å². The third kappa shape index (κ3) is 3.93. The van der Waals surface area contributed by atoms with Crippen molar-refractivity contribution >= 4 is 11.6 Å². The molecule has 0 saturated heterocycles. The van der Waals surface area contributed by atoms with Crippen LogP contribution in [0.2, 0.25) is 0 Å². The molecule has 1 saturated carbocycles. The molecule has 0 radical (unpaired) electrons. The van der Waals surface area contributed by atoms with E-state index in [-0.39, 0.29) is 11.9 Å². The van der Waals surface area contributed by atoms with E-state index in [1.165, 1.54) is 0 Å². The van der Waals surface area contributed by atoms with Crippen molar-refractivity contribution in [3.8, 4) is 0 Å². The number of carbonyl (C=O) groups excluding carboxylic acids is 1. The van der Waals surface area contributed by atoms with E-state index in [0.29, 0.717) is 23.9 Å². The minimum Gasteiger partial charge on any atom is -0.423 e. The van der Waals surface area contributed by atoms with Crippen molar-refractivity contribution in [3.05, 3.63) is 41.1 Å². The minimum atomic E-state index is -0.0371. The van der Waals surface area contributed by atoms with E-state index < -0.39 is 0 Å². The van der Waals surface area contributed by atoms with E-state index in [0.717, 1.165) is 36.4 Å². The topological polar surface area (TPSA) is 80.0 Å². The molecule has 1 unspecified atom stereocenters. The van der Waals surface area contributed by atoms with Crippen molar-refractivity contribution in [2.24, 2.45) is 0 Å². The van der Waals surface area contributed by atoms with E-state index in [1.54, 1.807) is 0 Å². The molecule has 128 valence electrons. The molecule has 2 N–H and O–H groups in total. The fourth-order valence-corrected chi connectivity index (χ4v) is 2.42. The second-order valence-electron chi connectivity index (χ2n) is 6.47. The van der Waals surface area contributed by atoms with Gasteiger partial charge in [-0.05, 0) is 56.9 Å². The molecule has 1 heterocycles. The maximum Gasteiger partial charge on any atom is 0.251 e. The summed E-state index contributed by atoms with van der Waals surface area (Å²) in [5.41, 5.74) is 2.64. The molecule has 2 aromatic rings. The number of hydrogen-bond donors (Lipinski definition) is 2. The lowest BCUT2D eigenvalue weighted by atomic mass is 10.1. The van der Waals surface area contributed by atoms with Crippen molar-refractivity contribution in [2.75, 3.05) is 5.32 Å². The highest BCUT2D eigenvalue weighted by Gasteiger charge is 2.29. The van der Waals surface area contributed by atoms with Crippen LogP contribution in [0, 0.1) is 6.92 Å². The fourth-order valence-electron chi connectivity index (χ4n) is 2.42. The predicted molar refractivity (Wildman–Crippen MR) is 92.0 cm³/mol. The van der Waals surface area contributed by atoms with Gasteiger partial charge in [0, 0.05) is 23.2 Å². The smallest absolute Gasteiger partial charge is 0.251 e. The average Bonchev–Trinajstić information content (AvgIpc) is 3.32. The van der Waals surface area contributed by atoms with Crippen molar-refractivity contribution in [1.82, 2.24) is 15.5 Å². The van der Waals surface area contributed by atoms with Gasteiger partial charge >= 0.3 is 0 Å². The van der Waals surface area contributed by atoms with Crippen LogP contribution in [-0.4, -0.2) is 22.1 Å². The Hall–Kier alpha value is -2.37. The molecule has 1 fully saturated rings. The number of nitrogens with zero attached hydrogens (tertiary/aromatic N) is 2. The van der Waals surface area contributed by atoms with Crippen molar-refractivity contribution in [3.63, 3.8) is 0 Å². The quantitative estimate of drug-likeness (QED) is 0.814. The van der Waals surface area contributed by atoms with Crippen LogP contribution in [0.5, 0.6) is 0 Å². The number of aryl methyl sites for hydroxylation is 1. The molecule has 1 aliphatic carbocycles. The molecule has 0 bridgehead atoms. The monoisotopic (exact) mass is 328 g/mol. The third-order valence-corrected chi connectivity index (χ3v) is 4.32. The summed E-state index contributed by atoms with van der Waals surface area (Å²) in [4.78, 5) is 12.2. The molecule has 6 heteroatoms. The second kappa shape index (κ2) is 7.03. The molecule has 1 aliphatic rings. The zero-order valence-corrected chi connectivity index (χ0v) is 14.4. The summed E-state index contributed by atoms with van der Waals surface area (Å²) in [6.07, 6.45) is 3.21. The fraction of sp³-hybridized carbons (Fsp3) is 0.500. The normalized spacial score (nSPS) is 15.1. The molecule has 0 aliphatic heterocycles. The number of benzene rings is 1. The van der Waals surface area contributed by atoms with Gasteiger partial charge in [-0.2, -0.15) is 0 Å². The summed E-state index contributed by atoms with van der Waals surface area (Å²) in [5.74, 6) is 1.77. The maximum absolute atomic E-state index is 12.2. The van der Waals surface area contributed by atoms with Gasteiger partial charge in [-0.1, -0.05) is 6.92 Å². The van der Waals surface area contributed by atoms with Gasteiger partial charge in [0.05, 0.1) is 6.54 Å². The number of amides is 1. The number of rotatable bonds is 7. The minimum absolute atomic E-state index is 0.0371. The van der Waals surface area contributed by atoms with Crippen LogP contribution >= 0.6 is 0 Å². The zero-order valence-electron chi connectivity index (χ0n) is 14.4. The van der Waals surface area contributed by atoms with Gasteiger partial charge in [0.1, 0.15) is 0 Å². The molecule has 6 nitrogen and oxygen atoms in total. The first kappa shape index (κ1) is 16.5. The average molecular weight is 328 g/mol. The molecular formula is C18H24N4O2. The SMILES string of the molecule is CCC(C)NC(=O)c1ccc(NCc2nnc(C3CC3)o2)c(C)c1. The Morgan fingerprint density at radius 2 is 2.17 bits per heavy atom. The van der Waals surface area contributed by atoms with Crippen LogP contribution < -0.4 is 10.6 Å². The van der Waals surface area contributed by atoms with Crippen LogP contribution in [0.25, 0.3) is 0 Å². The predicted octanol–water partition coefficient (Wildman–Crippen LogP) is 3.40. The second-order valence-corrected chi connectivity index (χ2v) is 6.47. The third-order valence-electron chi connectivity index (χ3n) is 4.32. The van der Waals surface area contributed by atoms with Crippen molar-refractivity contribution in [1.29, 1.82) is 0 Å². The van der Waals surface area contributed by atoms with E-state index in [4.69, 9.17) is 4.42 Å². The molecule has 1 atom stereocenters. The van der Waals surface area contributed by atoms with E-state index in [9.17, 15) is 4.79 Å². The number of anilines is 1. The molecule has 1 amide bonds. The molecule has 1 aromatic carbocycles. The number of nitrogens with one attached hydrogen (secondary N) is 2. The Morgan fingerprint density at radius 3 is 2.83 bits per heavy atom. The highest BCUT2D eigenvalue weighted by atomic mass is 16.4. The molecule has 3 rings (SSSR count). The zero-order chi connectivity index (χ0) is 17.1. The van der Waals surface area contributed by atoms with E-state index in [2.05, 4.69) is 27.8 Å². The Balaban J connectivity index is 1.60. The highest BCUT2D eigenvalue weighted by Crippen LogP contribution is 2.39. The summed E-state index contributed by atoms with van der Waals surface area (Å²) in [7, 11) is 0. The Bertz CT molecular complexity index is 722. The standard InChI is InChI=1S/C18H24N4O2/c1-4-12(3)20-17(23)14-7-8-15(11(2)9-14)19-10-16-21-22-18(24-16)13-5-6-13/h7-9,12-13,19H,4-6,10H2,1-3H3,(H,20,23). The summed E-state index contributed by atoms with van der Waals surface area (Å²) in [6, 6.07) is 5.81. The first-order chi connectivity index (χ1) is 11.6. The van der Waals surface area contributed by atoms with Gasteiger partial charge < -0.3 is 15.1 Å². The lowest BCUT2D eigenvalue weighted by Gasteiger charge is -2.13. The van der Waals surface area contributed by atoms with Gasteiger partial charge in [0.25, 0.3) is 5.91 Å². The molecule has 1 aromatic heterocycles. The van der Waals surface area contributed by atoms with E-state index >= 15 is 0 Å². The van der Waals surface area contributed by atoms with Crippen molar-refractivity contribution in [2.45, 2.75) is 58.5 Å². The summed E-state index contributed by atoms with van der Waals surface area (Å²) in [6.45, 7) is 6.52. The molecule has 0 spiro atoms. The summed E-state index contributed by atoms with van der Waals surface area (Å²) >= 11 is 0. The van der Waals surface area contributed by atoms with Gasteiger partial charge in [0.2, 0.25) is 11.8 Å². The van der Waals surface area contributed by atoms with Gasteiger partial charge in [-0.3, -0.25) is 4.79 Å². The van der Waals surface area contributed by atoms with Crippen LogP contribution in [-0.2, 0) is 6.54 Å². The Labute approximate surface area is 142 Å².